The third-order valence-corrected chi connectivity index (χ3v) is 5.93. The quantitative estimate of drug-likeness (QED) is 0.608. The zero-order chi connectivity index (χ0) is 22.8. The lowest BCUT2D eigenvalue weighted by Gasteiger charge is -2.37. The van der Waals surface area contributed by atoms with E-state index >= 15 is 0 Å². The Hall–Kier alpha value is -3.88. The number of amides is 2. The van der Waals surface area contributed by atoms with Crippen LogP contribution in [0, 0.1) is 0 Å². The number of ether oxygens (including phenoxy) is 1. The molecule has 170 valence electrons. The Morgan fingerprint density at radius 3 is 2.48 bits per heavy atom. The van der Waals surface area contributed by atoms with Gasteiger partial charge >= 0.3 is 5.76 Å². The molecule has 1 atom stereocenters. The highest BCUT2D eigenvalue weighted by Gasteiger charge is 2.36. The third kappa shape index (κ3) is 4.26. The Balaban J connectivity index is 1.38. The summed E-state index contributed by atoms with van der Waals surface area (Å²) in [4.78, 5) is 42.0. The molecule has 9 heteroatoms. The molecular formula is C24H24N4O5. The number of para-hydroxylation sites is 2. The molecule has 33 heavy (non-hydrogen) atoms. The molecular weight excluding hydrogens is 424 g/mol. The average molecular weight is 448 g/mol. The van der Waals surface area contributed by atoms with E-state index in [9.17, 15) is 14.4 Å². The second-order valence-corrected chi connectivity index (χ2v) is 8.16. The minimum atomic E-state index is -0.795. The smallest absolute Gasteiger partial charge is 0.437 e. The Bertz CT molecular complexity index is 1210. The van der Waals surface area contributed by atoms with Gasteiger partial charge in [0, 0.05) is 18.7 Å². The van der Waals surface area contributed by atoms with Crippen LogP contribution in [0.2, 0.25) is 0 Å². The maximum absolute atomic E-state index is 13.3. The van der Waals surface area contributed by atoms with Crippen molar-refractivity contribution in [1.29, 1.82) is 0 Å². The molecule has 0 N–H and O–H groups in total. The molecule has 0 spiro atoms. The van der Waals surface area contributed by atoms with Gasteiger partial charge < -0.3 is 19.0 Å². The molecule has 0 saturated carbocycles. The van der Waals surface area contributed by atoms with Crippen LogP contribution in [0.25, 0.3) is 11.5 Å². The van der Waals surface area contributed by atoms with Gasteiger partial charge in [-0.05, 0) is 43.5 Å². The predicted octanol–water partition coefficient (Wildman–Crippen LogP) is 2.31. The van der Waals surface area contributed by atoms with Crippen LogP contribution in [-0.2, 0) is 16.1 Å². The van der Waals surface area contributed by atoms with Gasteiger partial charge in [-0.3, -0.25) is 9.59 Å². The zero-order valence-electron chi connectivity index (χ0n) is 18.1. The fourth-order valence-electron chi connectivity index (χ4n) is 4.23. The van der Waals surface area contributed by atoms with Crippen molar-refractivity contribution in [2.75, 3.05) is 24.5 Å². The van der Waals surface area contributed by atoms with E-state index in [1.165, 1.54) is 4.90 Å². The molecule has 0 unspecified atom stereocenters. The van der Waals surface area contributed by atoms with Gasteiger partial charge in [0.1, 0.15) is 12.3 Å². The molecule has 2 aromatic carbocycles. The summed E-state index contributed by atoms with van der Waals surface area (Å²) in [6.07, 6.45) is 2.25. The van der Waals surface area contributed by atoms with Gasteiger partial charge in [0.25, 0.3) is 5.91 Å². The molecule has 2 aliphatic heterocycles. The minimum Gasteiger partial charge on any atom is -0.476 e. The maximum atomic E-state index is 13.3. The number of piperidine rings is 1. The van der Waals surface area contributed by atoms with E-state index in [1.807, 2.05) is 18.2 Å². The first-order chi connectivity index (χ1) is 16.1. The molecule has 1 aromatic heterocycles. The molecule has 0 aliphatic carbocycles. The summed E-state index contributed by atoms with van der Waals surface area (Å²) < 4.78 is 12.2. The van der Waals surface area contributed by atoms with Crippen molar-refractivity contribution in [3.05, 3.63) is 65.1 Å². The molecule has 9 nitrogen and oxygen atoms in total. The average Bonchev–Trinajstić information content (AvgIpc) is 3.23. The molecule has 2 aliphatic rings. The summed E-state index contributed by atoms with van der Waals surface area (Å²) in [5.41, 5.74) is 1.20. The van der Waals surface area contributed by atoms with Crippen molar-refractivity contribution >= 4 is 17.5 Å². The van der Waals surface area contributed by atoms with E-state index in [0.29, 0.717) is 30.1 Å². The van der Waals surface area contributed by atoms with Gasteiger partial charge in [-0.2, -0.15) is 4.68 Å². The van der Waals surface area contributed by atoms with E-state index in [1.54, 1.807) is 41.3 Å². The number of benzene rings is 2. The van der Waals surface area contributed by atoms with Gasteiger partial charge in [0.05, 0.1) is 12.2 Å². The number of nitrogens with zero attached hydrogens (tertiary/aromatic N) is 4. The fraction of sp³-hybridized carbons (Fsp3) is 0.333. The lowest BCUT2D eigenvalue weighted by molar-refractivity contribution is -0.139. The lowest BCUT2D eigenvalue weighted by atomic mass is 10.1. The minimum absolute atomic E-state index is 0.0727. The van der Waals surface area contributed by atoms with Crippen molar-refractivity contribution in [2.45, 2.75) is 31.9 Å². The summed E-state index contributed by atoms with van der Waals surface area (Å²) in [5, 5.41) is 4.18. The van der Waals surface area contributed by atoms with E-state index in [-0.39, 0.29) is 30.8 Å². The number of rotatable bonds is 4. The number of hydrogen-bond acceptors (Lipinski definition) is 6. The van der Waals surface area contributed by atoms with Crippen LogP contribution in [-0.4, -0.2) is 52.2 Å². The van der Waals surface area contributed by atoms with Gasteiger partial charge in [0.15, 0.2) is 6.10 Å². The Morgan fingerprint density at radius 2 is 1.70 bits per heavy atom. The summed E-state index contributed by atoms with van der Waals surface area (Å²) in [6.45, 7) is 1.16. The van der Waals surface area contributed by atoms with Crippen molar-refractivity contribution in [3.8, 4) is 17.2 Å². The van der Waals surface area contributed by atoms with Gasteiger partial charge in [-0.1, -0.05) is 30.3 Å². The van der Waals surface area contributed by atoms with Crippen LogP contribution in [0.15, 0.2) is 63.8 Å². The number of hydrogen-bond donors (Lipinski definition) is 0. The third-order valence-electron chi connectivity index (χ3n) is 5.93. The summed E-state index contributed by atoms with van der Waals surface area (Å²) in [5.74, 6) is -0.604. The Labute approximate surface area is 190 Å². The standard InChI is InChI=1S/C24H24N4O5/c29-21(16-28-24(31)33-22(25-28)17-9-3-1-4-10-17)27-15-20(23(30)26-13-7-2-8-14-26)32-19-12-6-5-11-18(19)27/h1,3-6,9-12,20H,2,7-8,13-16H2/t20-/m1/s1. The van der Waals surface area contributed by atoms with E-state index in [2.05, 4.69) is 5.10 Å². The van der Waals surface area contributed by atoms with Crippen LogP contribution in [0.1, 0.15) is 19.3 Å². The molecule has 0 radical (unpaired) electrons. The molecule has 3 heterocycles. The highest BCUT2D eigenvalue weighted by Crippen LogP contribution is 2.34. The van der Waals surface area contributed by atoms with E-state index in [0.717, 1.165) is 23.9 Å². The number of likely N-dealkylation sites (tertiary alicyclic amines) is 1. The number of aromatic nitrogens is 2. The topological polar surface area (TPSA) is 97.9 Å². The Kier molecular flexibility index (Phi) is 5.68. The van der Waals surface area contributed by atoms with Crippen molar-refractivity contribution in [2.24, 2.45) is 0 Å². The molecule has 1 fully saturated rings. The van der Waals surface area contributed by atoms with Gasteiger partial charge in [0.2, 0.25) is 11.8 Å². The first kappa shape index (κ1) is 21.0. The first-order valence-electron chi connectivity index (χ1n) is 11.1. The molecule has 5 rings (SSSR count). The Morgan fingerprint density at radius 1 is 0.970 bits per heavy atom. The SMILES string of the molecule is O=C([C@H]1CN(C(=O)Cn2nc(-c3ccccc3)oc2=O)c2ccccc2O1)N1CCCCC1. The number of fused-ring (bicyclic) bond motifs is 1. The summed E-state index contributed by atoms with van der Waals surface area (Å²) in [6, 6.07) is 16.1. The second kappa shape index (κ2) is 8.93. The fourth-order valence-corrected chi connectivity index (χ4v) is 4.23. The van der Waals surface area contributed by atoms with Crippen molar-refractivity contribution < 1.29 is 18.7 Å². The highest BCUT2D eigenvalue weighted by molar-refractivity contribution is 5.97. The van der Waals surface area contributed by atoms with E-state index < -0.39 is 11.9 Å². The lowest BCUT2D eigenvalue weighted by Crippen LogP contribution is -2.53. The molecule has 0 bridgehead atoms. The van der Waals surface area contributed by atoms with Crippen molar-refractivity contribution in [1.82, 2.24) is 14.7 Å². The largest absolute Gasteiger partial charge is 0.476 e. The van der Waals surface area contributed by atoms with Crippen LogP contribution in [0.4, 0.5) is 5.69 Å². The van der Waals surface area contributed by atoms with Gasteiger partial charge in [-0.15, -0.1) is 5.10 Å². The number of carbonyl (C=O) groups is 2. The van der Waals surface area contributed by atoms with Crippen LogP contribution in [0.5, 0.6) is 5.75 Å². The van der Waals surface area contributed by atoms with E-state index in [4.69, 9.17) is 9.15 Å². The summed E-state index contributed by atoms with van der Waals surface area (Å²) in [7, 11) is 0. The molecule has 2 amide bonds. The monoisotopic (exact) mass is 448 g/mol. The van der Waals surface area contributed by atoms with Crippen LogP contribution in [0.3, 0.4) is 0 Å². The normalized spacial score (nSPS) is 17.9. The molecule has 1 saturated heterocycles. The zero-order valence-corrected chi connectivity index (χ0v) is 18.1. The number of anilines is 1. The maximum Gasteiger partial charge on any atom is 0.437 e. The van der Waals surface area contributed by atoms with Crippen LogP contribution >= 0.6 is 0 Å². The second-order valence-electron chi connectivity index (χ2n) is 8.16. The van der Waals surface area contributed by atoms with Crippen molar-refractivity contribution in [3.63, 3.8) is 0 Å². The molecule has 3 aromatic rings. The predicted molar refractivity (Wildman–Crippen MR) is 120 cm³/mol. The van der Waals surface area contributed by atoms with Gasteiger partial charge in [-0.25, -0.2) is 4.79 Å². The summed E-state index contributed by atoms with van der Waals surface area (Å²) >= 11 is 0. The first-order valence-corrected chi connectivity index (χ1v) is 11.1. The highest BCUT2D eigenvalue weighted by atomic mass is 16.5. The number of carbonyl (C=O) groups excluding carboxylic acids is 2. The van der Waals surface area contributed by atoms with Crippen LogP contribution < -0.4 is 15.4 Å².